The van der Waals surface area contributed by atoms with Crippen LogP contribution < -0.4 is 4.89 Å². The fourth-order valence-electron chi connectivity index (χ4n) is 1.28. The van der Waals surface area contributed by atoms with Crippen LogP contribution in [0.1, 0.15) is 27.6 Å². The number of piperidine rings is 1. The lowest BCUT2D eigenvalue weighted by Crippen LogP contribution is -2.29. The van der Waals surface area contributed by atoms with Gasteiger partial charge in [-0.2, -0.15) is 0 Å². The molecule has 0 radical (unpaired) electrons. The van der Waals surface area contributed by atoms with Crippen molar-refractivity contribution >= 4 is 8.25 Å². The van der Waals surface area contributed by atoms with E-state index in [-0.39, 0.29) is 1.43 Å². The monoisotopic (exact) mass is 195 g/mol. The Morgan fingerprint density at radius 3 is 2.17 bits per heavy atom. The number of likely N-dealkylation sites (tertiary alicyclic amines) is 1. The van der Waals surface area contributed by atoms with Gasteiger partial charge in [0.25, 0.3) is 0 Å². The molecule has 1 fully saturated rings. The van der Waals surface area contributed by atoms with Gasteiger partial charge in [0, 0.05) is 0 Å². The summed E-state index contributed by atoms with van der Waals surface area (Å²) < 4.78 is 8.63. The maximum Gasteiger partial charge on any atom is 1.00 e. The minimum absolute atomic E-state index is 0. The largest absolute Gasteiger partial charge is 1.00 e. The van der Waals surface area contributed by atoms with Crippen molar-refractivity contribution in [1.82, 2.24) is 4.90 Å². The summed E-state index contributed by atoms with van der Waals surface area (Å²) in [6, 6.07) is 0. The highest BCUT2D eigenvalue weighted by Crippen LogP contribution is 2.06. The molecule has 0 amide bonds. The van der Waals surface area contributed by atoms with E-state index in [2.05, 4.69) is 11.8 Å². The Kier molecular flexibility index (Phi) is 7.81. The van der Waals surface area contributed by atoms with E-state index in [1.807, 2.05) is 0 Å². The third-order valence-electron chi connectivity index (χ3n) is 1.90. The molecule has 1 N–H and O–H groups in total. The Bertz CT molecular complexity index is 127. The van der Waals surface area contributed by atoms with Gasteiger partial charge < -0.3 is 19.3 Å². The molecule has 12 heavy (non-hydrogen) atoms. The number of nitrogens with zero attached hydrogens (tertiary/aromatic N) is 1. The van der Waals surface area contributed by atoms with Gasteiger partial charge in [0.05, 0.1) is 0 Å². The Morgan fingerprint density at radius 2 is 1.92 bits per heavy atom. The minimum Gasteiger partial charge on any atom is -0.781 e. The van der Waals surface area contributed by atoms with Crippen LogP contribution >= 0.6 is 8.25 Å². The second-order valence-corrected chi connectivity index (χ2v) is 3.29. The predicted molar refractivity (Wildman–Crippen MR) is 48.3 cm³/mol. The van der Waals surface area contributed by atoms with Crippen LogP contribution in [0.25, 0.3) is 0 Å². The normalized spacial score (nSPS) is 20.9. The van der Waals surface area contributed by atoms with E-state index in [0.29, 0.717) is 0 Å². The van der Waals surface area contributed by atoms with Gasteiger partial charge in [0.2, 0.25) is 0 Å². The molecule has 1 aliphatic heterocycles. The zero-order chi connectivity index (χ0) is 9.40. The first-order chi connectivity index (χ1) is 5.66. The van der Waals surface area contributed by atoms with Crippen molar-refractivity contribution in [1.29, 1.82) is 0 Å². The molecule has 1 atom stereocenters. The smallest absolute Gasteiger partial charge is 0.781 e. The van der Waals surface area contributed by atoms with Crippen molar-refractivity contribution in [3.8, 4) is 0 Å². The molecule has 0 aromatic rings. The first-order valence-electron chi connectivity index (χ1n) is 4.29. The van der Waals surface area contributed by atoms with Gasteiger partial charge in [-0.15, -0.1) is 0 Å². The van der Waals surface area contributed by atoms with Gasteiger partial charge in [-0.3, -0.25) is 0 Å². The van der Waals surface area contributed by atoms with Crippen LogP contribution in [0.15, 0.2) is 0 Å². The second-order valence-electron chi connectivity index (χ2n) is 2.76. The van der Waals surface area contributed by atoms with Crippen molar-refractivity contribution in [3.63, 3.8) is 0 Å². The molecule has 1 heterocycles. The highest BCUT2D eigenvalue weighted by Gasteiger charge is 2.05. The minimum atomic E-state index is -3.38. The van der Waals surface area contributed by atoms with Crippen molar-refractivity contribution in [2.45, 2.75) is 26.2 Å². The van der Waals surface area contributed by atoms with Crippen LogP contribution in [0, 0.1) is 0 Å². The SMILES string of the molecule is CCN1CCCCC1.O=[PH]([O-])O.[H+]. The van der Waals surface area contributed by atoms with Gasteiger partial charge in [0.15, 0.2) is 0 Å². The van der Waals surface area contributed by atoms with Crippen LogP contribution in [-0.2, 0) is 4.57 Å². The van der Waals surface area contributed by atoms with Crippen LogP contribution in [-0.4, -0.2) is 29.4 Å². The molecule has 0 aromatic carbocycles. The molecule has 74 valence electrons. The molecule has 1 rings (SSSR count). The molecule has 0 aliphatic carbocycles. The quantitative estimate of drug-likeness (QED) is 0.612. The summed E-state index contributed by atoms with van der Waals surface area (Å²) in [5.41, 5.74) is 0. The molecule has 1 saturated heterocycles. The molecule has 1 aliphatic rings. The fourth-order valence-corrected chi connectivity index (χ4v) is 1.28. The molecule has 1 unspecified atom stereocenters. The Morgan fingerprint density at radius 1 is 1.50 bits per heavy atom. The van der Waals surface area contributed by atoms with Crippen LogP contribution in [0.5, 0.6) is 0 Å². The Balaban J connectivity index is 0. The standard InChI is InChI=1S/C7H15N.H3O3P/c1-2-8-6-4-3-5-7-8;1-4(2)3/h2-7H2,1H3;4H,(H2,1,2,3). The first-order valence-corrected chi connectivity index (χ1v) is 5.55. The Hall–Kier alpha value is 0.110. The van der Waals surface area contributed by atoms with Gasteiger partial charge >= 0.3 is 1.43 Å². The van der Waals surface area contributed by atoms with Crippen molar-refractivity contribution < 1.29 is 15.8 Å². The maximum atomic E-state index is 8.63. The van der Waals surface area contributed by atoms with Crippen LogP contribution in [0.4, 0.5) is 0 Å². The molecule has 4 nitrogen and oxygen atoms in total. The fraction of sp³-hybridized carbons (Fsp3) is 1.00. The third-order valence-corrected chi connectivity index (χ3v) is 1.90. The number of hydrogen-bond acceptors (Lipinski definition) is 3. The van der Waals surface area contributed by atoms with E-state index in [4.69, 9.17) is 14.4 Å². The molecular weight excluding hydrogens is 177 g/mol. The molecule has 0 bridgehead atoms. The van der Waals surface area contributed by atoms with Crippen molar-refractivity contribution in [2.24, 2.45) is 0 Å². The topological polar surface area (TPSA) is 63.6 Å². The molecule has 0 saturated carbocycles. The van der Waals surface area contributed by atoms with E-state index in [1.165, 1.54) is 38.9 Å². The van der Waals surface area contributed by atoms with Gasteiger partial charge in [-0.25, -0.2) is 0 Å². The molecule has 0 aromatic heterocycles. The molecular formula is C7H18NO3P. The van der Waals surface area contributed by atoms with E-state index in [1.54, 1.807) is 0 Å². The third kappa shape index (κ3) is 8.21. The lowest BCUT2D eigenvalue weighted by molar-refractivity contribution is -0.180. The van der Waals surface area contributed by atoms with E-state index < -0.39 is 8.25 Å². The van der Waals surface area contributed by atoms with E-state index >= 15 is 0 Å². The van der Waals surface area contributed by atoms with Gasteiger partial charge in [-0.1, -0.05) is 13.3 Å². The highest BCUT2D eigenvalue weighted by atomic mass is 31.1. The van der Waals surface area contributed by atoms with Gasteiger partial charge in [0.1, 0.15) is 8.25 Å². The number of rotatable bonds is 1. The molecule has 5 heteroatoms. The van der Waals surface area contributed by atoms with Crippen LogP contribution in [0.3, 0.4) is 0 Å². The van der Waals surface area contributed by atoms with Crippen molar-refractivity contribution in [3.05, 3.63) is 0 Å². The zero-order valence-corrected chi connectivity index (χ0v) is 8.45. The summed E-state index contributed by atoms with van der Waals surface area (Å²) in [7, 11) is -3.38. The lowest BCUT2D eigenvalue weighted by atomic mass is 10.1. The average Bonchev–Trinajstić information content (AvgIpc) is 2.05. The van der Waals surface area contributed by atoms with Gasteiger partial charge in [-0.05, 0) is 32.5 Å². The van der Waals surface area contributed by atoms with Crippen molar-refractivity contribution in [2.75, 3.05) is 19.6 Å². The van der Waals surface area contributed by atoms with Crippen LogP contribution in [0.2, 0.25) is 0 Å². The lowest BCUT2D eigenvalue weighted by Gasteiger charge is -2.24. The zero-order valence-electron chi connectivity index (χ0n) is 8.45. The summed E-state index contributed by atoms with van der Waals surface area (Å²) in [6.07, 6.45) is 4.30. The predicted octanol–water partition coefficient (Wildman–Crippen LogP) is 0.333. The maximum absolute atomic E-state index is 8.63. The summed E-state index contributed by atoms with van der Waals surface area (Å²) >= 11 is 0. The second kappa shape index (κ2) is 7.74. The first kappa shape index (κ1) is 12.1. The summed E-state index contributed by atoms with van der Waals surface area (Å²) in [5, 5.41) is 0. The summed E-state index contributed by atoms with van der Waals surface area (Å²) in [4.78, 5) is 18.2. The number of hydrogen-bond donors (Lipinski definition) is 1. The van der Waals surface area contributed by atoms with E-state index in [0.717, 1.165) is 0 Å². The molecule has 0 spiro atoms. The highest BCUT2D eigenvalue weighted by molar-refractivity contribution is 7.29. The average molecular weight is 195 g/mol. The summed E-state index contributed by atoms with van der Waals surface area (Å²) in [6.45, 7) is 6.18. The van der Waals surface area contributed by atoms with E-state index in [9.17, 15) is 0 Å². The Labute approximate surface area is 75.6 Å². The summed E-state index contributed by atoms with van der Waals surface area (Å²) in [5.74, 6) is 0.